The van der Waals surface area contributed by atoms with E-state index in [0.29, 0.717) is 26.2 Å². The molecule has 1 heterocycles. The Morgan fingerprint density at radius 3 is 2.69 bits per heavy atom. The summed E-state index contributed by atoms with van der Waals surface area (Å²) in [5, 5.41) is 0. The highest BCUT2D eigenvalue weighted by atomic mass is 79.9. The van der Waals surface area contributed by atoms with Crippen molar-refractivity contribution in [2.45, 2.75) is 32.3 Å². The van der Waals surface area contributed by atoms with Crippen LogP contribution in [-0.2, 0) is 22.7 Å². The zero-order chi connectivity index (χ0) is 11.6. The van der Waals surface area contributed by atoms with Gasteiger partial charge in [0.25, 0.3) is 0 Å². The van der Waals surface area contributed by atoms with Gasteiger partial charge in [0.15, 0.2) is 5.79 Å². The average Bonchev–Trinajstić information content (AvgIpc) is 2.40. The Bertz CT molecular complexity index is 383. The molecule has 1 aromatic carbocycles. The Labute approximate surface area is 104 Å². The third-order valence-electron chi connectivity index (χ3n) is 2.83. The number of hydrogen-bond acceptors (Lipinski definition) is 3. The zero-order valence-corrected chi connectivity index (χ0v) is 10.9. The Kier molecular flexibility index (Phi) is 3.64. The summed E-state index contributed by atoms with van der Waals surface area (Å²) in [4.78, 5) is 0. The van der Waals surface area contributed by atoms with Crippen LogP contribution in [0.2, 0.25) is 0 Å². The van der Waals surface area contributed by atoms with E-state index in [4.69, 9.17) is 15.2 Å². The fraction of sp³-hybridized carbons (Fsp3) is 0.500. The molecule has 1 atom stereocenters. The third-order valence-corrected chi connectivity index (χ3v) is 3.33. The maximum atomic E-state index is 5.79. The van der Waals surface area contributed by atoms with Crippen LogP contribution in [0.5, 0.6) is 0 Å². The fourth-order valence-electron chi connectivity index (χ4n) is 1.78. The summed E-state index contributed by atoms with van der Waals surface area (Å²) in [6, 6.07) is 6.16. The SMILES string of the molecule is CC1(CCN)OCc2ccc(Br)cc2CO1. The number of hydrogen-bond donors (Lipinski definition) is 1. The largest absolute Gasteiger partial charge is 0.345 e. The summed E-state index contributed by atoms with van der Waals surface area (Å²) >= 11 is 3.46. The van der Waals surface area contributed by atoms with Crippen LogP contribution >= 0.6 is 15.9 Å². The van der Waals surface area contributed by atoms with Gasteiger partial charge in [0.05, 0.1) is 13.2 Å². The van der Waals surface area contributed by atoms with E-state index in [9.17, 15) is 0 Å². The van der Waals surface area contributed by atoms with Crippen LogP contribution in [0.25, 0.3) is 0 Å². The van der Waals surface area contributed by atoms with Gasteiger partial charge in [-0.2, -0.15) is 0 Å². The molecule has 0 amide bonds. The maximum Gasteiger partial charge on any atom is 0.167 e. The molecule has 88 valence electrons. The molecule has 0 saturated carbocycles. The molecule has 0 spiro atoms. The van der Waals surface area contributed by atoms with E-state index in [1.807, 2.05) is 13.0 Å². The molecule has 1 aliphatic heterocycles. The first-order valence-electron chi connectivity index (χ1n) is 5.38. The second kappa shape index (κ2) is 4.84. The lowest BCUT2D eigenvalue weighted by atomic mass is 10.1. The Balaban J connectivity index is 2.18. The van der Waals surface area contributed by atoms with Gasteiger partial charge in [-0.15, -0.1) is 0 Å². The molecule has 16 heavy (non-hydrogen) atoms. The van der Waals surface area contributed by atoms with Gasteiger partial charge >= 0.3 is 0 Å². The number of ether oxygens (including phenoxy) is 2. The van der Waals surface area contributed by atoms with Crippen molar-refractivity contribution in [1.82, 2.24) is 0 Å². The Hall–Kier alpha value is -0.420. The Morgan fingerprint density at radius 2 is 2.00 bits per heavy atom. The monoisotopic (exact) mass is 285 g/mol. The molecule has 0 bridgehead atoms. The van der Waals surface area contributed by atoms with Crippen molar-refractivity contribution in [3.63, 3.8) is 0 Å². The molecule has 2 N–H and O–H groups in total. The molecule has 1 unspecified atom stereocenters. The summed E-state index contributed by atoms with van der Waals surface area (Å²) in [6.45, 7) is 3.67. The van der Waals surface area contributed by atoms with Crippen molar-refractivity contribution in [2.24, 2.45) is 5.73 Å². The second-order valence-electron chi connectivity index (χ2n) is 4.16. The van der Waals surface area contributed by atoms with Crippen molar-refractivity contribution in [2.75, 3.05) is 6.54 Å². The van der Waals surface area contributed by atoms with Gasteiger partial charge in [0.1, 0.15) is 0 Å². The predicted molar refractivity (Wildman–Crippen MR) is 65.8 cm³/mol. The first-order chi connectivity index (χ1) is 7.63. The minimum atomic E-state index is -0.555. The predicted octanol–water partition coefficient (Wildman–Crippen LogP) is 2.56. The molecule has 1 aliphatic rings. The van der Waals surface area contributed by atoms with E-state index in [1.54, 1.807) is 0 Å². The van der Waals surface area contributed by atoms with Crippen molar-refractivity contribution < 1.29 is 9.47 Å². The Morgan fingerprint density at radius 1 is 1.31 bits per heavy atom. The van der Waals surface area contributed by atoms with E-state index in [0.717, 1.165) is 4.47 Å². The minimum absolute atomic E-state index is 0.555. The van der Waals surface area contributed by atoms with Crippen molar-refractivity contribution >= 4 is 15.9 Å². The van der Waals surface area contributed by atoms with E-state index >= 15 is 0 Å². The highest BCUT2D eigenvalue weighted by Gasteiger charge is 2.28. The van der Waals surface area contributed by atoms with Gasteiger partial charge in [0.2, 0.25) is 0 Å². The number of nitrogens with two attached hydrogens (primary N) is 1. The molecule has 4 heteroatoms. The molecular weight excluding hydrogens is 270 g/mol. The normalized spacial score (nSPS) is 24.9. The average molecular weight is 286 g/mol. The van der Waals surface area contributed by atoms with E-state index < -0.39 is 5.79 Å². The number of rotatable bonds is 2. The number of halogens is 1. The van der Waals surface area contributed by atoms with Crippen molar-refractivity contribution in [3.05, 3.63) is 33.8 Å². The summed E-state index contributed by atoms with van der Waals surface area (Å²) < 4.78 is 12.6. The van der Waals surface area contributed by atoms with Crippen LogP contribution in [0.1, 0.15) is 24.5 Å². The summed E-state index contributed by atoms with van der Waals surface area (Å²) in [6.07, 6.45) is 0.710. The molecule has 2 rings (SSSR count). The molecular formula is C12H16BrNO2. The van der Waals surface area contributed by atoms with E-state index in [1.165, 1.54) is 11.1 Å². The quantitative estimate of drug-likeness (QED) is 0.908. The smallest absolute Gasteiger partial charge is 0.167 e. The highest BCUT2D eigenvalue weighted by molar-refractivity contribution is 9.10. The molecule has 0 saturated heterocycles. The summed E-state index contributed by atoms with van der Waals surface area (Å²) in [5.41, 5.74) is 7.92. The van der Waals surface area contributed by atoms with Gasteiger partial charge in [-0.3, -0.25) is 0 Å². The lowest BCUT2D eigenvalue weighted by Crippen LogP contribution is -2.33. The number of benzene rings is 1. The van der Waals surface area contributed by atoms with Crippen LogP contribution in [0.4, 0.5) is 0 Å². The molecule has 0 radical (unpaired) electrons. The van der Waals surface area contributed by atoms with Crippen molar-refractivity contribution in [1.29, 1.82) is 0 Å². The van der Waals surface area contributed by atoms with Gasteiger partial charge in [-0.1, -0.05) is 22.0 Å². The first-order valence-corrected chi connectivity index (χ1v) is 6.17. The lowest BCUT2D eigenvalue weighted by molar-refractivity contribution is -0.234. The molecule has 0 fully saturated rings. The van der Waals surface area contributed by atoms with Crippen molar-refractivity contribution in [3.8, 4) is 0 Å². The zero-order valence-electron chi connectivity index (χ0n) is 9.33. The molecule has 1 aromatic rings. The standard InChI is InChI=1S/C12H16BrNO2/c1-12(4-5-14)15-7-9-2-3-11(13)6-10(9)8-16-12/h2-3,6H,4-5,7-8,14H2,1H3. The molecule has 3 nitrogen and oxygen atoms in total. The van der Waals surface area contributed by atoms with Crippen LogP contribution in [-0.4, -0.2) is 12.3 Å². The third kappa shape index (κ3) is 2.63. The second-order valence-corrected chi connectivity index (χ2v) is 5.08. The summed E-state index contributed by atoms with van der Waals surface area (Å²) in [5.74, 6) is -0.555. The highest BCUT2D eigenvalue weighted by Crippen LogP contribution is 2.28. The molecule has 0 aliphatic carbocycles. The van der Waals surface area contributed by atoms with E-state index in [-0.39, 0.29) is 0 Å². The molecule has 0 aromatic heterocycles. The van der Waals surface area contributed by atoms with Crippen LogP contribution < -0.4 is 5.73 Å². The van der Waals surface area contributed by atoms with Gasteiger partial charge in [-0.25, -0.2) is 0 Å². The van der Waals surface area contributed by atoms with Crippen LogP contribution in [0, 0.1) is 0 Å². The van der Waals surface area contributed by atoms with Gasteiger partial charge in [-0.05, 0) is 36.7 Å². The topological polar surface area (TPSA) is 44.5 Å². The van der Waals surface area contributed by atoms with E-state index in [2.05, 4.69) is 28.1 Å². The summed E-state index contributed by atoms with van der Waals surface area (Å²) in [7, 11) is 0. The van der Waals surface area contributed by atoms with Gasteiger partial charge < -0.3 is 15.2 Å². The lowest BCUT2D eigenvalue weighted by Gasteiger charge is -2.27. The van der Waals surface area contributed by atoms with Gasteiger partial charge in [0, 0.05) is 10.9 Å². The maximum absolute atomic E-state index is 5.79. The minimum Gasteiger partial charge on any atom is -0.345 e. The fourth-order valence-corrected chi connectivity index (χ4v) is 2.19. The van der Waals surface area contributed by atoms with Crippen LogP contribution in [0.15, 0.2) is 22.7 Å². The van der Waals surface area contributed by atoms with Crippen LogP contribution in [0.3, 0.4) is 0 Å². The first kappa shape index (κ1) is 12.0. The number of fused-ring (bicyclic) bond motifs is 1.